The third kappa shape index (κ3) is 4.32. The zero-order valence-electron chi connectivity index (χ0n) is 12.3. The summed E-state index contributed by atoms with van der Waals surface area (Å²) >= 11 is 3.41. The number of hydrogen-bond acceptors (Lipinski definition) is 6. The highest BCUT2D eigenvalue weighted by Gasteiger charge is 2.13. The van der Waals surface area contributed by atoms with Gasteiger partial charge in [0.25, 0.3) is 0 Å². The van der Waals surface area contributed by atoms with Gasteiger partial charge >= 0.3 is 5.97 Å². The number of nitrogens with zero attached hydrogens (tertiary/aromatic N) is 1. The normalized spacial score (nSPS) is 10.5. The van der Waals surface area contributed by atoms with Gasteiger partial charge < -0.3 is 18.7 Å². The predicted molar refractivity (Wildman–Crippen MR) is 82.5 cm³/mol. The van der Waals surface area contributed by atoms with E-state index in [0.717, 1.165) is 10.0 Å². The zero-order valence-corrected chi connectivity index (χ0v) is 13.9. The van der Waals surface area contributed by atoms with Gasteiger partial charge in [0.2, 0.25) is 0 Å². The van der Waals surface area contributed by atoms with Crippen LogP contribution in [-0.2, 0) is 20.9 Å². The Balaban J connectivity index is 2.02. The monoisotopic (exact) mass is 369 g/mol. The molecule has 0 unspecified atom stereocenters. The third-order valence-corrected chi connectivity index (χ3v) is 3.26. The molecular weight excluding hydrogens is 354 g/mol. The van der Waals surface area contributed by atoms with Crippen molar-refractivity contribution in [3.8, 4) is 17.0 Å². The smallest absolute Gasteiger partial charge is 0.332 e. The molecular formula is C15H16BrNO5. The average molecular weight is 370 g/mol. The highest BCUT2D eigenvalue weighted by atomic mass is 79.9. The maximum atomic E-state index is 11.2. The topological polar surface area (TPSA) is 70.8 Å². The van der Waals surface area contributed by atoms with Crippen LogP contribution >= 0.6 is 15.9 Å². The van der Waals surface area contributed by atoms with Crippen molar-refractivity contribution in [2.24, 2.45) is 0 Å². The van der Waals surface area contributed by atoms with E-state index in [4.69, 9.17) is 18.7 Å². The summed E-state index contributed by atoms with van der Waals surface area (Å²) in [4.78, 5) is 11.2. The fourth-order valence-corrected chi connectivity index (χ4v) is 2.19. The molecule has 0 aliphatic rings. The summed E-state index contributed by atoms with van der Waals surface area (Å²) in [6, 6.07) is 7.35. The minimum absolute atomic E-state index is 0.121. The molecule has 118 valence electrons. The van der Waals surface area contributed by atoms with E-state index in [9.17, 15) is 4.79 Å². The SMILES string of the molecule is CCOC(=O)COCc1cc(-c2cc(Br)ccc2OC)no1. The molecule has 0 radical (unpaired) electrons. The van der Waals surface area contributed by atoms with Crippen molar-refractivity contribution in [1.82, 2.24) is 5.16 Å². The highest BCUT2D eigenvalue weighted by Crippen LogP contribution is 2.32. The van der Waals surface area contributed by atoms with Crippen LogP contribution in [-0.4, -0.2) is 31.4 Å². The second-order valence-electron chi connectivity index (χ2n) is 4.32. The van der Waals surface area contributed by atoms with Crippen molar-refractivity contribution in [2.45, 2.75) is 13.5 Å². The van der Waals surface area contributed by atoms with Crippen LogP contribution < -0.4 is 4.74 Å². The minimum Gasteiger partial charge on any atom is -0.496 e. The molecule has 0 saturated heterocycles. The first-order valence-electron chi connectivity index (χ1n) is 6.67. The Morgan fingerprint density at radius 3 is 2.91 bits per heavy atom. The zero-order chi connectivity index (χ0) is 15.9. The number of aromatic nitrogens is 1. The molecule has 2 aromatic rings. The Kier molecular flexibility index (Phi) is 5.97. The van der Waals surface area contributed by atoms with Crippen LogP contribution in [0, 0.1) is 0 Å². The van der Waals surface area contributed by atoms with E-state index >= 15 is 0 Å². The summed E-state index contributed by atoms with van der Waals surface area (Å²) in [6.45, 7) is 2.09. The van der Waals surface area contributed by atoms with Crippen molar-refractivity contribution in [3.63, 3.8) is 0 Å². The average Bonchev–Trinajstić information content (AvgIpc) is 2.96. The summed E-state index contributed by atoms with van der Waals surface area (Å²) in [7, 11) is 1.59. The van der Waals surface area contributed by atoms with Gasteiger partial charge in [-0.2, -0.15) is 0 Å². The molecule has 0 aliphatic heterocycles. The molecule has 0 fully saturated rings. The maximum Gasteiger partial charge on any atom is 0.332 e. The molecule has 0 spiro atoms. The van der Waals surface area contributed by atoms with E-state index in [1.165, 1.54) is 0 Å². The molecule has 1 aromatic heterocycles. The Morgan fingerprint density at radius 2 is 2.18 bits per heavy atom. The molecule has 0 atom stereocenters. The largest absolute Gasteiger partial charge is 0.496 e. The predicted octanol–water partition coefficient (Wildman–Crippen LogP) is 3.19. The lowest BCUT2D eigenvalue weighted by atomic mass is 10.1. The number of carbonyl (C=O) groups is 1. The maximum absolute atomic E-state index is 11.2. The number of benzene rings is 1. The van der Waals surface area contributed by atoms with Gasteiger partial charge in [0, 0.05) is 16.1 Å². The van der Waals surface area contributed by atoms with Crippen LogP contribution in [0.4, 0.5) is 0 Å². The molecule has 1 heterocycles. The van der Waals surface area contributed by atoms with Crippen LogP contribution in [0.2, 0.25) is 0 Å². The number of ether oxygens (including phenoxy) is 3. The molecule has 0 aliphatic carbocycles. The van der Waals surface area contributed by atoms with E-state index < -0.39 is 5.97 Å². The second-order valence-corrected chi connectivity index (χ2v) is 5.24. The van der Waals surface area contributed by atoms with E-state index in [0.29, 0.717) is 23.8 Å². The number of hydrogen-bond donors (Lipinski definition) is 0. The van der Waals surface area contributed by atoms with E-state index in [1.807, 2.05) is 18.2 Å². The molecule has 2 rings (SSSR count). The quantitative estimate of drug-likeness (QED) is 0.698. The Hall–Kier alpha value is -1.86. The van der Waals surface area contributed by atoms with Crippen LogP contribution in [0.1, 0.15) is 12.7 Å². The van der Waals surface area contributed by atoms with Gasteiger partial charge in [0.15, 0.2) is 5.76 Å². The molecule has 0 saturated carbocycles. The molecule has 22 heavy (non-hydrogen) atoms. The number of halogens is 1. The Bertz CT molecular complexity index is 641. The van der Waals surface area contributed by atoms with Gasteiger partial charge in [-0.25, -0.2) is 4.79 Å². The number of rotatable bonds is 7. The standard InChI is InChI=1S/C15H16BrNO5/c1-3-21-15(18)9-20-8-11-7-13(17-22-11)12-6-10(16)4-5-14(12)19-2/h4-7H,3,8-9H2,1-2H3. The Labute approximate surface area is 136 Å². The molecule has 7 heteroatoms. The van der Waals surface area contributed by atoms with Crippen molar-refractivity contribution in [1.29, 1.82) is 0 Å². The van der Waals surface area contributed by atoms with Crippen molar-refractivity contribution >= 4 is 21.9 Å². The van der Waals surface area contributed by atoms with E-state index in [1.54, 1.807) is 20.1 Å². The van der Waals surface area contributed by atoms with Gasteiger partial charge in [0.1, 0.15) is 24.7 Å². The van der Waals surface area contributed by atoms with Gasteiger partial charge in [0.05, 0.1) is 13.7 Å². The lowest BCUT2D eigenvalue weighted by Crippen LogP contribution is -2.12. The lowest BCUT2D eigenvalue weighted by molar-refractivity contribution is -0.149. The summed E-state index contributed by atoms with van der Waals surface area (Å²) in [5, 5.41) is 4.00. The summed E-state index contributed by atoms with van der Waals surface area (Å²) in [5.74, 6) is 0.799. The Morgan fingerprint density at radius 1 is 1.36 bits per heavy atom. The molecule has 0 N–H and O–H groups in total. The van der Waals surface area contributed by atoms with Crippen LogP contribution in [0.5, 0.6) is 5.75 Å². The van der Waals surface area contributed by atoms with Gasteiger partial charge in [-0.05, 0) is 25.1 Å². The van der Waals surface area contributed by atoms with Crippen molar-refractivity contribution in [2.75, 3.05) is 20.3 Å². The number of methoxy groups -OCH3 is 1. The second kappa shape index (κ2) is 7.95. The fraction of sp³-hybridized carbons (Fsp3) is 0.333. The van der Waals surface area contributed by atoms with E-state index in [2.05, 4.69) is 21.1 Å². The van der Waals surface area contributed by atoms with Gasteiger partial charge in [-0.3, -0.25) is 0 Å². The van der Waals surface area contributed by atoms with Crippen LogP contribution in [0.25, 0.3) is 11.3 Å². The fourth-order valence-electron chi connectivity index (χ4n) is 1.83. The molecule has 1 aromatic carbocycles. The van der Waals surface area contributed by atoms with Crippen molar-refractivity contribution < 1.29 is 23.5 Å². The third-order valence-electron chi connectivity index (χ3n) is 2.77. The first-order valence-corrected chi connectivity index (χ1v) is 7.46. The summed E-state index contributed by atoms with van der Waals surface area (Å²) < 4.78 is 21.4. The summed E-state index contributed by atoms with van der Waals surface area (Å²) in [5.41, 5.74) is 1.44. The van der Waals surface area contributed by atoms with Gasteiger partial charge in [-0.1, -0.05) is 21.1 Å². The number of carbonyl (C=O) groups excluding carboxylic acids is 1. The molecule has 6 nitrogen and oxygen atoms in total. The molecule has 0 bridgehead atoms. The van der Waals surface area contributed by atoms with E-state index in [-0.39, 0.29) is 13.2 Å². The van der Waals surface area contributed by atoms with Gasteiger partial charge in [-0.15, -0.1) is 0 Å². The van der Waals surface area contributed by atoms with Crippen molar-refractivity contribution in [3.05, 3.63) is 34.5 Å². The van der Waals surface area contributed by atoms with Crippen LogP contribution in [0.15, 0.2) is 33.3 Å². The lowest BCUT2D eigenvalue weighted by Gasteiger charge is -2.05. The first-order chi connectivity index (χ1) is 10.6. The summed E-state index contributed by atoms with van der Waals surface area (Å²) in [6.07, 6.45) is 0. The first kappa shape index (κ1) is 16.5. The molecule has 0 amide bonds. The van der Waals surface area contributed by atoms with Crippen LogP contribution in [0.3, 0.4) is 0 Å². The number of esters is 1. The highest BCUT2D eigenvalue weighted by molar-refractivity contribution is 9.10. The minimum atomic E-state index is -0.407.